The highest BCUT2D eigenvalue weighted by Gasteiger charge is 2.46. The van der Waals surface area contributed by atoms with Gasteiger partial charge in [-0.15, -0.1) is 0 Å². The van der Waals surface area contributed by atoms with E-state index in [0.29, 0.717) is 13.2 Å². The lowest BCUT2D eigenvalue weighted by atomic mass is 9.99. The number of hydrogen-bond acceptors (Lipinski definition) is 3. The van der Waals surface area contributed by atoms with E-state index in [0.717, 1.165) is 12.0 Å². The Kier molecular flexibility index (Phi) is 4.45. The van der Waals surface area contributed by atoms with Crippen LogP contribution in [0.2, 0.25) is 0 Å². The summed E-state index contributed by atoms with van der Waals surface area (Å²) in [7, 11) is 1.66. The van der Waals surface area contributed by atoms with E-state index in [9.17, 15) is 4.79 Å². The summed E-state index contributed by atoms with van der Waals surface area (Å²) in [5, 5.41) is 3.48. The Morgan fingerprint density at radius 3 is 2.55 bits per heavy atom. The van der Waals surface area contributed by atoms with E-state index < -0.39 is 5.54 Å². The maximum absolute atomic E-state index is 12.6. The summed E-state index contributed by atoms with van der Waals surface area (Å²) in [5.74, 6) is 0.155. The Morgan fingerprint density at radius 1 is 1.35 bits per heavy atom. The average Bonchev–Trinajstić information content (AvgIpc) is 2.71. The van der Waals surface area contributed by atoms with Crippen LogP contribution in [-0.4, -0.2) is 36.6 Å². The normalized spacial score (nSPS) is 26.3. The van der Waals surface area contributed by atoms with Crippen LogP contribution in [0.5, 0.6) is 0 Å². The predicted molar refractivity (Wildman–Crippen MR) is 79.3 cm³/mol. The zero-order valence-electron chi connectivity index (χ0n) is 12.8. The van der Waals surface area contributed by atoms with Gasteiger partial charge < -0.3 is 9.64 Å². The van der Waals surface area contributed by atoms with Crippen molar-refractivity contribution in [2.45, 2.75) is 38.9 Å². The van der Waals surface area contributed by atoms with E-state index in [2.05, 4.69) is 36.5 Å². The molecule has 0 bridgehead atoms. The molecule has 0 aliphatic carbocycles. The number of hydrogen-bond donors (Lipinski definition) is 1. The standard InChI is InChI=1S/C16H24N2O2/c1-5-16(3)15(19)18(10-11-20-4)14(17-16)13-8-6-12(2)7-9-13/h6-9,14,17H,5,10-11H2,1-4H3. The molecule has 20 heavy (non-hydrogen) atoms. The van der Waals surface area contributed by atoms with Crippen molar-refractivity contribution in [2.75, 3.05) is 20.3 Å². The highest BCUT2D eigenvalue weighted by Crippen LogP contribution is 2.32. The van der Waals surface area contributed by atoms with Crippen LogP contribution in [0.15, 0.2) is 24.3 Å². The van der Waals surface area contributed by atoms with Gasteiger partial charge in [0.1, 0.15) is 6.17 Å². The average molecular weight is 276 g/mol. The summed E-state index contributed by atoms with van der Waals surface area (Å²) >= 11 is 0. The van der Waals surface area contributed by atoms with Gasteiger partial charge in [0.05, 0.1) is 12.1 Å². The lowest BCUT2D eigenvalue weighted by Gasteiger charge is -2.24. The monoisotopic (exact) mass is 276 g/mol. The Morgan fingerprint density at radius 2 is 2.00 bits per heavy atom. The van der Waals surface area contributed by atoms with Gasteiger partial charge in [-0.2, -0.15) is 0 Å². The quantitative estimate of drug-likeness (QED) is 0.897. The third-order valence-electron chi connectivity index (χ3n) is 4.14. The van der Waals surface area contributed by atoms with Crippen molar-refractivity contribution in [3.05, 3.63) is 35.4 Å². The van der Waals surface area contributed by atoms with Crippen molar-refractivity contribution in [3.63, 3.8) is 0 Å². The molecular weight excluding hydrogens is 252 g/mol. The van der Waals surface area contributed by atoms with Gasteiger partial charge in [-0.1, -0.05) is 36.8 Å². The summed E-state index contributed by atoms with van der Waals surface area (Å²) in [4.78, 5) is 14.5. The summed E-state index contributed by atoms with van der Waals surface area (Å²) < 4.78 is 5.14. The molecule has 2 rings (SSSR count). The first-order valence-corrected chi connectivity index (χ1v) is 7.16. The molecule has 0 spiro atoms. The van der Waals surface area contributed by atoms with Crippen LogP contribution >= 0.6 is 0 Å². The lowest BCUT2D eigenvalue weighted by molar-refractivity contribution is -0.133. The fourth-order valence-corrected chi connectivity index (χ4v) is 2.56. The molecule has 1 aliphatic heterocycles. The Hall–Kier alpha value is -1.39. The third kappa shape index (κ3) is 2.72. The fraction of sp³-hybridized carbons (Fsp3) is 0.562. The highest BCUT2D eigenvalue weighted by molar-refractivity contribution is 5.88. The second-order valence-electron chi connectivity index (χ2n) is 5.63. The van der Waals surface area contributed by atoms with Gasteiger partial charge >= 0.3 is 0 Å². The molecular formula is C16H24N2O2. The minimum Gasteiger partial charge on any atom is -0.383 e. The van der Waals surface area contributed by atoms with Gasteiger partial charge in [0.2, 0.25) is 5.91 Å². The molecule has 110 valence electrons. The summed E-state index contributed by atoms with van der Waals surface area (Å²) in [6, 6.07) is 8.33. The molecule has 1 amide bonds. The molecule has 0 radical (unpaired) electrons. The smallest absolute Gasteiger partial charge is 0.244 e. The van der Waals surface area contributed by atoms with E-state index in [4.69, 9.17) is 4.74 Å². The van der Waals surface area contributed by atoms with E-state index in [-0.39, 0.29) is 12.1 Å². The van der Waals surface area contributed by atoms with Crippen LogP contribution < -0.4 is 5.32 Å². The first kappa shape index (κ1) is 15.0. The van der Waals surface area contributed by atoms with Crippen molar-refractivity contribution in [2.24, 2.45) is 0 Å². The van der Waals surface area contributed by atoms with Gasteiger partial charge in [0.25, 0.3) is 0 Å². The molecule has 0 aromatic heterocycles. The number of amides is 1. The molecule has 4 heteroatoms. The van der Waals surface area contributed by atoms with Crippen molar-refractivity contribution < 1.29 is 9.53 Å². The largest absolute Gasteiger partial charge is 0.383 e. The van der Waals surface area contributed by atoms with Crippen molar-refractivity contribution in [1.82, 2.24) is 10.2 Å². The Labute approximate surface area is 121 Å². The second-order valence-corrected chi connectivity index (χ2v) is 5.63. The number of nitrogens with zero attached hydrogens (tertiary/aromatic N) is 1. The van der Waals surface area contributed by atoms with Crippen LogP contribution in [0, 0.1) is 6.92 Å². The number of benzene rings is 1. The molecule has 1 fully saturated rings. The zero-order valence-corrected chi connectivity index (χ0v) is 12.8. The second kappa shape index (κ2) is 5.94. The number of methoxy groups -OCH3 is 1. The number of aryl methyl sites for hydroxylation is 1. The van der Waals surface area contributed by atoms with Gasteiger partial charge in [-0.05, 0) is 25.8 Å². The molecule has 1 aliphatic rings. The molecule has 0 saturated carbocycles. The van der Waals surface area contributed by atoms with Crippen LogP contribution in [0.1, 0.15) is 37.6 Å². The van der Waals surface area contributed by atoms with Crippen LogP contribution in [-0.2, 0) is 9.53 Å². The number of ether oxygens (including phenoxy) is 1. The molecule has 1 saturated heterocycles. The van der Waals surface area contributed by atoms with E-state index >= 15 is 0 Å². The van der Waals surface area contributed by atoms with Gasteiger partial charge in [-0.25, -0.2) is 0 Å². The van der Waals surface area contributed by atoms with E-state index in [1.54, 1.807) is 7.11 Å². The summed E-state index contributed by atoms with van der Waals surface area (Å²) in [5.41, 5.74) is 1.86. The van der Waals surface area contributed by atoms with Crippen molar-refractivity contribution >= 4 is 5.91 Å². The zero-order chi connectivity index (χ0) is 14.8. The van der Waals surface area contributed by atoms with Crippen molar-refractivity contribution in [3.8, 4) is 0 Å². The summed E-state index contributed by atoms with van der Waals surface area (Å²) in [6.07, 6.45) is 0.709. The number of nitrogens with one attached hydrogen (secondary N) is 1. The van der Waals surface area contributed by atoms with Crippen LogP contribution in [0.3, 0.4) is 0 Å². The molecule has 1 N–H and O–H groups in total. The van der Waals surface area contributed by atoms with E-state index in [1.807, 2.05) is 18.7 Å². The van der Waals surface area contributed by atoms with Crippen LogP contribution in [0.25, 0.3) is 0 Å². The Bertz CT molecular complexity index is 472. The molecule has 1 aromatic carbocycles. The van der Waals surface area contributed by atoms with Gasteiger partial charge in [-0.3, -0.25) is 10.1 Å². The van der Waals surface area contributed by atoms with Gasteiger partial charge in [0, 0.05) is 13.7 Å². The fourth-order valence-electron chi connectivity index (χ4n) is 2.56. The molecule has 2 unspecified atom stereocenters. The van der Waals surface area contributed by atoms with E-state index in [1.165, 1.54) is 5.56 Å². The molecule has 2 atom stereocenters. The molecule has 1 aromatic rings. The first-order valence-electron chi connectivity index (χ1n) is 7.16. The lowest BCUT2D eigenvalue weighted by Crippen LogP contribution is -2.43. The maximum atomic E-state index is 12.6. The predicted octanol–water partition coefficient (Wildman–Crippen LogP) is 2.24. The first-order chi connectivity index (χ1) is 9.51. The number of carbonyl (C=O) groups excluding carboxylic acids is 1. The minimum atomic E-state index is -0.483. The highest BCUT2D eigenvalue weighted by atomic mass is 16.5. The topological polar surface area (TPSA) is 41.6 Å². The van der Waals surface area contributed by atoms with Crippen LogP contribution in [0.4, 0.5) is 0 Å². The maximum Gasteiger partial charge on any atom is 0.244 e. The number of carbonyl (C=O) groups is 1. The van der Waals surface area contributed by atoms with Gasteiger partial charge in [0.15, 0.2) is 0 Å². The molecule has 1 heterocycles. The Balaban J connectivity index is 2.28. The minimum absolute atomic E-state index is 0.0665. The third-order valence-corrected chi connectivity index (χ3v) is 4.14. The SMILES string of the molecule is CCC1(C)NC(c2ccc(C)cc2)N(CCOC)C1=O. The van der Waals surface area contributed by atoms with Crippen molar-refractivity contribution in [1.29, 1.82) is 0 Å². The number of rotatable bonds is 5. The molecule has 4 nitrogen and oxygen atoms in total. The summed E-state index contributed by atoms with van der Waals surface area (Å²) in [6.45, 7) is 7.24.